The molecule has 3 rings (SSSR count). The second-order valence-corrected chi connectivity index (χ2v) is 6.95. The van der Waals surface area contributed by atoms with E-state index in [2.05, 4.69) is 10.2 Å². The van der Waals surface area contributed by atoms with Crippen molar-refractivity contribution in [3.63, 3.8) is 0 Å². The van der Waals surface area contributed by atoms with Gasteiger partial charge >= 0.3 is 0 Å². The van der Waals surface area contributed by atoms with Crippen LogP contribution in [0.25, 0.3) is 0 Å². The Hall–Kier alpha value is -1.36. The monoisotopic (exact) mass is 306 g/mol. The Morgan fingerprint density at radius 3 is 2.90 bits per heavy atom. The van der Waals surface area contributed by atoms with Gasteiger partial charge in [-0.1, -0.05) is 12.8 Å². The fraction of sp³-hybridized carbons (Fsp3) is 0.625. The first-order chi connectivity index (χ1) is 10.2. The molecule has 1 saturated heterocycles. The van der Waals surface area contributed by atoms with Crippen LogP contribution in [0.15, 0.2) is 16.8 Å². The molecule has 1 aromatic rings. The van der Waals surface area contributed by atoms with Crippen molar-refractivity contribution >= 4 is 23.2 Å². The highest BCUT2D eigenvalue weighted by atomic mass is 32.1. The van der Waals surface area contributed by atoms with Crippen LogP contribution >= 0.6 is 11.3 Å². The molecule has 0 aromatic carbocycles. The van der Waals surface area contributed by atoms with Crippen molar-refractivity contribution < 1.29 is 9.59 Å². The van der Waals surface area contributed by atoms with Gasteiger partial charge in [0, 0.05) is 31.5 Å². The quantitative estimate of drug-likeness (QED) is 0.906. The van der Waals surface area contributed by atoms with Gasteiger partial charge in [0.15, 0.2) is 0 Å². The molecular formula is C16H22N2O2S. The molecule has 5 heteroatoms. The highest BCUT2D eigenvalue weighted by Gasteiger charge is 2.35. The summed E-state index contributed by atoms with van der Waals surface area (Å²) in [6, 6.07) is 2.44. The minimum atomic E-state index is 0.0557. The van der Waals surface area contributed by atoms with Gasteiger partial charge in [0.25, 0.3) is 0 Å². The first-order valence-corrected chi connectivity index (χ1v) is 8.74. The molecule has 2 fully saturated rings. The molecule has 1 aliphatic heterocycles. The number of nitrogens with zero attached hydrogens (tertiary/aromatic N) is 1. The third-order valence-electron chi connectivity index (χ3n) is 4.54. The molecule has 1 atom stereocenters. The smallest absolute Gasteiger partial charge is 0.224 e. The summed E-state index contributed by atoms with van der Waals surface area (Å²) < 4.78 is 0. The van der Waals surface area contributed by atoms with Crippen molar-refractivity contribution in [3.8, 4) is 0 Å². The lowest BCUT2D eigenvalue weighted by Crippen LogP contribution is -2.36. The molecule has 4 nitrogen and oxygen atoms in total. The average Bonchev–Trinajstić information content (AvgIpc) is 3.17. The molecule has 2 heterocycles. The van der Waals surface area contributed by atoms with Crippen LogP contribution in [-0.2, 0) is 16.0 Å². The Bertz CT molecular complexity index is 494. The Balaban J connectivity index is 1.43. The van der Waals surface area contributed by atoms with Crippen LogP contribution in [-0.4, -0.2) is 35.8 Å². The fourth-order valence-electron chi connectivity index (χ4n) is 3.41. The van der Waals surface area contributed by atoms with Crippen molar-refractivity contribution in [2.45, 2.75) is 44.6 Å². The predicted molar refractivity (Wildman–Crippen MR) is 83.1 cm³/mol. The minimum absolute atomic E-state index is 0.0557. The first-order valence-electron chi connectivity index (χ1n) is 7.79. The van der Waals surface area contributed by atoms with E-state index >= 15 is 0 Å². The van der Waals surface area contributed by atoms with E-state index in [9.17, 15) is 9.59 Å². The maximum atomic E-state index is 12.1. The van der Waals surface area contributed by atoms with Crippen LogP contribution in [0.1, 0.15) is 37.7 Å². The van der Waals surface area contributed by atoms with Crippen molar-refractivity contribution in [1.29, 1.82) is 0 Å². The Morgan fingerprint density at radius 2 is 2.19 bits per heavy atom. The second kappa shape index (κ2) is 6.60. The van der Waals surface area contributed by atoms with Crippen molar-refractivity contribution in [2.24, 2.45) is 5.92 Å². The maximum Gasteiger partial charge on any atom is 0.224 e. The average molecular weight is 306 g/mol. The molecule has 1 aromatic heterocycles. The van der Waals surface area contributed by atoms with Gasteiger partial charge in [0.05, 0.1) is 6.42 Å². The van der Waals surface area contributed by atoms with E-state index in [0.717, 1.165) is 24.9 Å². The number of amides is 2. The largest absolute Gasteiger partial charge is 0.355 e. The van der Waals surface area contributed by atoms with Gasteiger partial charge < -0.3 is 10.2 Å². The van der Waals surface area contributed by atoms with Gasteiger partial charge in [-0.3, -0.25) is 9.59 Å². The zero-order valence-corrected chi connectivity index (χ0v) is 13.0. The van der Waals surface area contributed by atoms with E-state index in [1.165, 1.54) is 12.8 Å². The van der Waals surface area contributed by atoms with Crippen LogP contribution < -0.4 is 5.32 Å². The van der Waals surface area contributed by atoms with Gasteiger partial charge in [-0.25, -0.2) is 0 Å². The van der Waals surface area contributed by atoms with Crippen LogP contribution in [0.5, 0.6) is 0 Å². The number of thiophene rings is 1. The molecule has 21 heavy (non-hydrogen) atoms. The van der Waals surface area contributed by atoms with Gasteiger partial charge in [-0.15, -0.1) is 0 Å². The van der Waals surface area contributed by atoms with Crippen LogP contribution in [0, 0.1) is 5.92 Å². The number of hydrogen-bond donors (Lipinski definition) is 1. The molecule has 0 unspecified atom stereocenters. The van der Waals surface area contributed by atoms with Crippen LogP contribution in [0.3, 0.4) is 0 Å². The number of rotatable bonds is 5. The number of carbonyl (C=O) groups is 2. The standard InChI is InChI=1S/C16H22N2O2S/c19-15(7-12-5-6-21-11-12)17-9-13-8-16(20)18(10-13)14-3-1-2-4-14/h5-6,11,13-14H,1-4,7-10H2,(H,17,19)/t13-/m1/s1. The Labute approximate surface area is 129 Å². The summed E-state index contributed by atoms with van der Waals surface area (Å²) in [6.45, 7) is 1.44. The van der Waals surface area contributed by atoms with Gasteiger partial charge in [-0.05, 0) is 35.2 Å². The van der Waals surface area contributed by atoms with E-state index < -0.39 is 0 Å². The van der Waals surface area contributed by atoms with Crippen molar-refractivity contribution in [1.82, 2.24) is 10.2 Å². The van der Waals surface area contributed by atoms with Gasteiger partial charge in [0.1, 0.15) is 0 Å². The fourth-order valence-corrected chi connectivity index (χ4v) is 4.08. The molecule has 114 valence electrons. The number of nitrogens with one attached hydrogen (secondary N) is 1. The van der Waals surface area contributed by atoms with Crippen LogP contribution in [0.2, 0.25) is 0 Å². The van der Waals surface area contributed by atoms with E-state index in [4.69, 9.17) is 0 Å². The predicted octanol–water partition coefficient (Wildman–Crippen LogP) is 2.20. The summed E-state index contributed by atoms with van der Waals surface area (Å²) in [5.74, 6) is 0.615. The SMILES string of the molecule is O=C(Cc1ccsc1)NC[C@H]1CC(=O)N(C2CCCC2)C1. The summed E-state index contributed by atoms with van der Waals surface area (Å²) >= 11 is 1.61. The second-order valence-electron chi connectivity index (χ2n) is 6.17. The number of carbonyl (C=O) groups excluding carboxylic acids is 2. The maximum absolute atomic E-state index is 12.1. The van der Waals surface area contributed by atoms with E-state index in [1.54, 1.807) is 11.3 Å². The lowest BCUT2D eigenvalue weighted by molar-refractivity contribution is -0.129. The molecule has 0 radical (unpaired) electrons. The van der Waals surface area contributed by atoms with E-state index in [0.29, 0.717) is 25.4 Å². The molecule has 1 aliphatic carbocycles. The van der Waals surface area contributed by atoms with E-state index in [-0.39, 0.29) is 17.7 Å². The third kappa shape index (κ3) is 3.64. The highest BCUT2D eigenvalue weighted by molar-refractivity contribution is 7.07. The topological polar surface area (TPSA) is 49.4 Å². The Kier molecular flexibility index (Phi) is 4.58. The van der Waals surface area contributed by atoms with Crippen LogP contribution in [0.4, 0.5) is 0 Å². The molecular weight excluding hydrogens is 284 g/mol. The Morgan fingerprint density at radius 1 is 1.38 bits per heavy atom. The number of likely N-dealkylation sites (tertiary alicyclic amines) is 1. The molecule has 0 bridgehead atoms. The summed E-state index contributed by atoms with van der Waals surface area (Å²) in [7, 11) is 0. The van der Waals surface area contributed by atoms with Gasteiger partial charge in [0.2, 0.25) is 11.8 Å². The minimum Gasteiger partial charge on any atom is -0.355 e. The first kappa shape index (κ1) is 14.6. The normalized spacial score (nSPS) is 23.0. The number of hydrogen-bond acceptors (Lipinski definition) is 3. The zero-order chi connectivity index (χ0) is 14.7. The lowest BCUT2D eigenvalue weighted by Gasteiger charge is -2.24. The summed E-state index contributed by atoms with van der Waals surface area (Å²) in [6.07, 6.45) is 5.84. The van der Waals surface area contributed by atoms with Crippen molar-refractivity contribution in [3.05, 3.63) is 22.4 Å². The summed E-state index contributed by atoms with van der Waals surface area (Å²) in [5, 5.41) is 6.97. The zero-order valence-electron chi connectivity index (χ0n) is 12.2. The van der Waals surface area contributed by atoms with Gasteiger partial charge in [-0.2, -0.15) is 11.3 Å². The summed E-state index contributed by atoms with van der Waals surface area (Å²) in [5.41, 5.74) is 1.06. The van der Waals surface area contributed by atoms with Crippen molar-refractivity contribution in [2.75, 3.05) is 13.1 Å². The molecule has 0 spiro atoms. The third-order valence-corrected chi connectivity index (χ3v) is 5.27. The summed E-state index contributed by atoms with van der Waals surface area (Å²) in [4.78, 5) is 26.0. The van der Waals surface area contributed by atoms with E-state index in [1.807, 2.05) is 16.8 Å². The molecule has 1 saturated carbocycles. The highest BCUT2D eigenvalue weighted by Crippen LogP contribution is 2.29. The molecule has 1 N–H and O–H groups in total. The molecule has 2 aliphatic rings. The molecule has 2 amide bonds. The lowest BCUT2D eigenvalue weighted by atomic mass is 10.1.